The Labute approximate surface area is 493 Å². The SMILES string of the molecule is CC/C=C\C/C=C\C/C=C\C/C=C\C/C=C\CCCCCCCCCCCCCCCCCCCCCCCCCCCC(=O)OC(COC(=O)CCCC/C=C\C/C=C\C/C=C\C/C=C\CC)COP(=O)([O-])OCC[N+](C)(C)C. The molecule has 0 aliphatic rings. The summed E-state index contributed by atoms with van der Waals surface area (Å²) < 4.78 is 34.1. The first-order valence-electron chi connectivity index (χ1n) is 32.6. The van der Waals surface area contributed by atoms with E-state index >= 15 is 0 Å². The third-order valence-electron chi connectivity index (χ3n) is 13.8. The summed E-state index contributed by atoms with van der Waals surface area (Å²) >= 11 is 0. The zero-order valence-corrected chi connectivity index (χ0v) is 53.1. The van der Waals surface area contributed by atoms with Crippen molar-refractivity contribution in [3.8, 4) is 0 Å². The number of hydrogen-bond acceptors (Lipinski definition) is 8. The molecule has 0 amide bonds. The topological polar surface area (TPSA) is 111 Å². The van der Waals surface area contributed by atoms with Gasteiger partial charge < -0.3 is 27.9 Å². The highest BCUT2D eigenvalue weighted by molar-refractivity contribution is 7.45. The Morgan fingerprint density at radius 1 is 0.388 bits per heavy atom. The lowest BCUT2D eigenvalue weighted by Crippen LogP contribution is -2.37. The minimum atomic E-state index is -4.65. The van der Waals surface area contributed by atoms with Crippen LogP contribution in [0.25, 0.3) is 0 Å². The van der Waals surface area contributed by atoms with E-state index in [1.165, 1.54) is 141 Å². The molecule has 0 aromatic heterocycles. The zero-order chi connectivity index (χ0) is 58.4. The number of hydrogen-bond donors (Lipinski definition) is 0. The minimum Gasteiger partial charge on any atom is -0.756 e. The second-order valence-electron chi connectivity index (χ2n) is 22.7. The first kappa shape index (κ1) is 76.7. The molecule has 2 atom stereocenters. The smallest absolute Gasteiger partial charge is 0.306 e. The summed E-state index contributed by atoms with van der Waals surface area (Å²) in [6.07, 6.45) is 84.8. The predicted octanol–water partition coefficient (Wildman–Crippen LogP) is 20.3. The molecule has 10 heteroatoms. The summed E-state index contributed by atoms with van der Waals surface area (Å²) in [5.74, 6) is -0.879. The van der Waals surface area contributed by atoms with Gasteiger partial charge in [-0.05, 0) is 96.3 Å². The second kappa shape index (κ2) is 60.3. The fourth-order valence-corrected chi connectivity index (χ4v) is 9.58. The number of quaternary nitrogens is 1. The molecule has 0 rings (SSSR count). The van der Waals surface area contributed by atoms with E-state index in [4.69, 9.17) is 18.5 Å². The fourth-order valence-electron chi connectivity index (χ4n) is 8.85. The third-order valence-corrected chi connectivity index (χ3v) is 14.8. The largest absolute Gasteiger partial charge is 0.756 e. The van der Waals surface area contributed by atoms with Crippen molar-refractivity contribution in [1.29, 1.82) is 0 Å². The van der Waals surface area contributed by atoms with Gasteiger partial charge in [-0.15, -0.1) is 0 Å². The molecule has 0 saturated carbocycles. The van der Waals surface area contributed by atoms with Crippen LogP contribution in [-0.4, -0.2) is 70.0 Å². The first-order chi connectivity index (χ1) is 39.0. The number of ether oxygens (including phenoxy) is 2. The quantitative estimate of drug-likeness (QED) is 0.0195. The summed E-state index contributed by atoms with van der Waals surface area (Å²) in [5.41, 5.74) is 0. The van der Waals surface area contributed by atoms with Gasteiger partial charge in [-0.3, -0.25) is 14.2 Å². The van der Waals surface area contributed by atoms with Crippen LogP contribution in [0.2, 0.25) is 0 Å². The molecule has 0 aliphatic heterocycles. The summed E-state index contributed by atoms with van der Waals surface area (Å²) in [5, 5.41) is 0. The molecule has 0 aliphatic carbocycles. The first-order valence-corrected chi connectivity index (χ1v) is 34.1. The van der Waals surface area contributed by atoms with Crippen molar-refractivity contribution in [3.63, 3.8) is 0 Å². The van der Waals surface area contributed by atoms with Gasteiger partial charge in [-0.2, -0.15) is 0 Å². The third kappa shape index (κ3) is 63.8. The lowest BCUT2D eigenvalue weighted by molar-refractivity contribution is -0.870. The molecule has 0 spiro atoms. The summed E-state index contributed by atoms with van der Waals surface area (Å²) in [6.45, 7) is 3.97. The normalized spacial score (nSPS) is 13.9. The summed E-state index contributed by atoms with van der Waals surface area (Å²) in [4.78, 5) is 37.8. The number of carbonyl (C=O) groups excluding carboxylic acids is 2. The van der Waals surface area contributed by atoms with Crippen LogP contribution in [0.3, 0.4) is 0 Å². The molecule has 0 bridgehead atoms. The van der Waals surface area contributed by atoms with Crippen LogP contribution in [0, 0.1) is 0 Å². The maximum Gasteiger partial charge on any atom is 0.306 e. The summed E-state index contributed by atoms with van der Waals surface area (Å²) in [6, 6.07) is 0. The molecule has 2 unspecified atom stereocenters. The minimum absolute atomic E-state index is 0.0401. The second-order valence-corrected chi connectivity index (χ2v) is 24.1. The van der Waals surface area contributed by atoms with E-state index in [-0.39, 0.29) is 26.1 Å². The van der Waals surface area contributed by atoms with Gasteiger partial charge in [-0.25, -0.2) is 0 Å². The predicted molar refractivity (Wildman–Crippen MR) is 342 cm³/mol. The van der Waals surface area contributed by atoms with Gasteiger partial charge in [0.15, 0.2) is 6.10 Å². The van der Waals surface area contributed by atoms with E-state index in [0.29, 0.717) is 23.9 Å². The highest BCUT2D eigenvalue weighted by atomic mass is 31.2. The van der Waals surface area contributed by atoms with Crippen molar-refractivity contribution < 1.29 is 42.1 Å². The van der Waals surface area contributed by atoms with Crippen LogP contribution >= 0.6 is 7.82 Å². The summed E-state index contributed by atoms with van der Waals surface area (Å²) in [7, 11) is 1.14. The van der Waals surface area contributed by atoms with Crippen LogP contribution < -0.4 is 4.89 Å². The standard InChI is InChI=1S/C70H122NO8P/c1-6-8-10-12-14-16-18-20-22-23-24-25-26-27-28-29-30-31-32-33-34-35-36-37-38-39-40-41-42-43-44-45-46-47-49-51-53-55-57-59-61-63-70(73)79-68(67-78-80(74,75)77-65-64-71(3,4)5)66-76-69(72)62-60-58-56-54-52-50-48-21-19-17-15-13-11-9-7-2/h8-11,14-17,20-22,24-25,27-28,48,52,54,68H,6-7,12-13,18-19,23,26,29-47,49-51,53,55-67H2,1-5H3/b10-8-,11-9-,16-14-,17-15-,22-20-,25-24-,28-27-,48-21-,54-52-. The van der Waals surface area contributed by atoms with E-state index in [1.807, 2.05) is 21.1 Å². The molecule has 0 aromatic carbocycles. The number of likely N-dealkylation sites (N-methyl/N-ethyl adjacent to an activating group) is 1. The Kier molecular flexibility index (Phi) is 57.8. The molecule has 0 N–H and O–H groups in total. The molecule has 460 valence electrons. The Hall–Kier alpha value is -3.33. The van der Waals surface area contributed by atoms with Crippen molar-refractivity contribution in [2.75, 3.05) is 47.5 Å². The molecular formula is C70H122NO8P. The molecule has 0 fully saturated rings. The Balaban J connectivity index is 3.92. The number of nitrogens with zero attached hydrogens (tertiary/aromatic N) is 1. The Bertz CT molecular complexity index is 1720. The molecule has 0 aromatic rings. The van der Waals surface area contributed by atoms with E-state index in [0.717, 1.165) is 89.9 Å². The van der Waals surface area contributed by atoms with Crippen LogP contribution in [0.15, 0.2) is 109 Å². The van der Waals surface area contributed by atoms with Gasteiger partial charge in [0.05, 0.1) is 27.7 Å². The maximum atomic E-state index is 12.8. The van der Waals surface area contributed by atoms with Crippen LogP contribution in [-0.2, 0) is 32.7 Å². The highest BCUT2D eigenvalue weighted by Gasteiger charge is 2.22. The van der Waals surface area contributed by atoms with Gasteiger partial charge in [0, 0.05) is 12.8 Å². The van der Waals surface area contributed by atoms with Crippen molar-refractivity contribution in [3.05, 3.63) is 109 Å². The van der Waals surface area contributed by atoms with Gasteiger partial charge in [-0.1, -0.05) is 271 Å². The van der Waals surface area contributed by atoms with E-state index in [2.05, 4.69) is 123 Å². The van der Waals surface area contributed by atoms with Crippen LogP contribution in [0.1, 0.15) is 271 Å². The van der Waals surface area contributed by atoms with Crippen molar-refractivity contribution in [1.82, 2.24) is 0 Å². The van der Waals surface area contributed by atoms with E-state index in [9.17, 15) is 19.0 Å². The molecule has 0 radical (unpaired) electrons. The number of allylic oxidation sites excluding steroid dienone is 18. The number of phosphoric ester groups is 1. The number of unbranched alkanes of at least 4 members (excludes halogenated alkanes) is 27. The Morgan fingerprint density at radius 3 is 1.02 bits per heavy atom. The fraction of sp³-hybridized carbons (Fsp3) is 0.714. The average Bonchev–Trinajstić information content (AvgIpc) is 3.42. The van der Waals surface area contributed by atoms with Gasteiger partial charge in [0.1, 0.15) is 19.8 Å². The van der Waals surface area contributed by atoms with Gasteiger partial charge in [0.2, 0.25) is 0 Å². The van der Waals surface area contributed by atoms with Crippen molar-refractivity contribution >= 4 is 19.8 Å². The molecule has 0 heterocycles. The lowest BCUT2D eigenvalue weighted by Gasteiger charge is -2.28. The van der Waals surface area contributed by atoms with Crippen LogP contribution in [0.5, 0.6) is 0 Å². The highest BCUT2D eigenvalue weighted by Crippen LogP contribution is 2.38. The van der Waals surface area contributed by atoms with Crippen molar-refractivity contribution in [2.24, 2.45) is 0 Å². The molecule has 9 nitrogen and oxygen atoms in total. The number of carbonyl (C=O) groups is 2. The van der Waals surface area contributed by atoms with Gasteiger partial charge in [0.25, 0.3) is 7.82 Å². The molecule has 0 saturated heterocycles. The molecule has 80 heavy (non-hydrogen) atoms. The Morgan fingerprint density at radius 2 is 0.675 bits per heavy atom. The van der Waals surface area contributed by atoms with Crippen LogP contribution in [0.4, 0.5) is 0 Å². The van der Waals surface area contributed by atoms with E-state index in [1.54, 1.807) is 0 Å². The number of esters is 2. The average molecular weight is 1140 g/mol. The lowest BCUT2D eigenvalue weighted by atomic mass is 10.0. The zero-order valence-electron chi connectivity index (χ0n) is 52.2. The van der Waals surface area contributed by atoms with E-state index < -0.39 is 32.5 Å². The number of phosphoric acid groups is 1. The number of rotatable bonds is 59. The molecular weight excluding hydrogens is 1010 g/mol. The van der Waals surface area contributed by atoms with Gasteiger partial charge >= 0.3 is 11.9 Å². The van der Waals surface area contributed by atoms with Crippen molar-refractivity contribution in [2.45, 2.75) is 277 Å². The monoisotopic (exact) mass is 1140 g/mol. The maximum absolute atomic E-state index is 12.8.